The Hall–Kier alpha value is -4.33. The summed E-state index contributed by atoms with van der Waals surface area (Å²) in [5.74, 6) is 0.771. The first-order chi connectivity index (χ1) is 18.8. The van der Waals surface area contributed by atoms with Gasteiger partial charge in [0.15, 0.2) is 0 Å². The van der Waals surface area contributed by atoms with Crippen LogP contribution in [0.15, 0.2) is 59.0 Å². The fourth-order valence-corrected chi connectivity index (χ4v) is 5.87. The predicted molar refractivity (Wildman–Crippen MR) is 149 cm³/mol. The minimum absolute atomic E-state index is 0.0629. The number of halogens is 1. The molecule has 2 amide bonds. The molecule has 200 valence electrons. The number of hydrogen-bond donors (Lipinski definition) is 3. The number of fused-ring (bicyclic) bond motifs is 1. The van der Waals surface area contributed by atoms with E-state index < -0.39 is 0 Å². The molecule has 3 N–H and O–H groups in total. The van der Waals surface area contributed by atoms with Crippen molar-refractivity contribution in [1.82, 2.24) is 10.6 Å². The molecule has 0 radical (unpaired) electrons. The molecule has 0 spiro atoms. The lowest BCUT2D eigenvalue weighted by Gasteiger charge is -2.61. The van der Waals surface area contributed by atoms with Crippen molar-refractivity contribution in [2.24, 2.45) is 5.92 Å². The zero-order valence-electron chi connectivity index (χ0n) is 22.1. The number of furan rings is 1. The molecule has 4 aromatic rings. The lowest BCUT2D eigenvalue weighted by atomic mass is 9.50. The van der Waals surface area contributed by atoms with Gasteiger partial charge < -0.3 is 25.1 Å². The minimum atomic E-state index is -0.374. The fourth-order valence-electron chi connectivity index (χ4n) is 5.87. The predicted octanol–water partition coefficient (Wildman–Crippen LogP) is 5.99. The molecule has 1 heterocycles. The molecule has 1 aromatic heterocycles. The molecule has 2 bridgehead atoms. The highest BCUT2D eigenvalue weighted by Gasteiger charge is 2.57. The van der Waals surface area contributed by atoms with E-state index in [9.17, 15) is 14.0 Å². The number of carbonyl (C=O) groups excluding carboxylic acids is 2. The average molecular weight is 528 g/mol. The lowest BCUT2D eigenvalue weighted by Crippen LogP contribution is -2.68. The topological polar surface area (TPSA) is 92.6 Å². The maximum absolute atomic E-state index is 13.6. The van der Waals surface area contributed by atoms with Gasteiger partial charge >= 0.3 is 0 Å². The second-order valence-electron chi connectivity index (χ2n) is 10.4. The van der Waals surface area contributed by atoms with E-state index in [1.807, 2.05) is 31.2 Å². The molecule has 7 nitrogen and oxygen atoms in total. The summed E-state index contributed by atoms with van der Waals surface area (Å²) in [6, 6.07) is 15.1. The van der Waals surface area contributed by atoms with Gasteiger partial charge in [0, 0.05) is 47.4 Å². The van der Waals surface area contributed by atoms with Gasteiger partial charge in [-0.2, -0.15) is 0 Å². The first kappa shape index (κ1) is 25.0. The summed E-state index contributed by atoms with van der Waals surface area (Å²) in [6.07, 6.45) is 3.13. The van der Waals surface area contributed by atoms with E-state index >= 15 is 0 Å². The molecule has 0 aliphatic heterocycles. The summed E-state index contributed by atoms with van der Waals surface area (Å²) in [6.45, 7) is 2.65. The molecule has 3 aliphatic carbocycles. The maximum Gasteiger partial charge on any atom is 0.255 e. The highest BCUT2D eigenvalue weighted by molar-refractivity contribution is 6.13. The minimum Gasteiger partial charge on any atom is -0.496 e. The molecule has 0 saturated heterocycles. The number of rotatable bonds is 8. The van der Waals surface area contributed by atoms with Crippen LogP contribution in [0.3, 0.4) is 0 Å². The molecule has 8 heteroatoms. The van der Waals surface area contributed by atoms with Crippen LogP contribution >= 0.6 is 0 Å². The molecule has 7 rings (SSSR count). The third-order valence-electron chi connectivity index (χ3n) is 7.93. The molecule has 3 fully saturated rings. The van der Waals surface area contributed by atoms with Crippen molar-refractivity contribution in [2.45, 2.75) is 31.7 Å². The van der Waals surface area contributed by atoms with Gasteiger partial charge in [0.05, 0.1) is 18.2 Å². The van der Waals surface area contributed by atoms with E-state index in [0.717, 1.165) is 42.0 Å². The van der Waals surface area contributed by atoms with Crippen LogP contribution in [-0.4, -0.2) is 38.1 Å². The number of benzene rings is 3. The normalized spacial score (nSPS) is 19.1. The van der Waals surface area contributed by atoms with Crippen molar-refractivity contribution in [3.05, 3.63) is 71.5 Å². The van der Waals surface area contributed by atoms with E-state index in [0.29, 0.717) is 45.7 Å². The number of carbonyl (C=O) groups is 2. The summed E-state index contributed by atoms with van der Waals surface area (Å²) < 4.78 is 25.3. The van der Waals surface area contributed by atoms with Crippen LogP contribution in [-0.2, 0) is 0 Å². The summed E-state index contributed by atoms with van der Waals surface area (Å²) in [5.41, 5.74) is 4.27. The van der Waals surface area contributed by atoms with E-state index in [1.54, 1.807) is 32.4 Å². The molecular formula is C31H30FN3O4. The lowest BCUT2D eigenvalue weighted by molar-refractivity contribution is -0.0439. The van der Waals surface area contributed by atoms with Crippen LogP contribution < -0.4 is 20.7 Å². The van der Waals surface area contributed by atoms with Crippen molar-refractivity contribution in [1.29, 1.82) is 0 Å². The smallest absolute Gasteiger partial charge is 0.255 e. The second kappa shape index (κ2) is 9.45. The van der Waals surface area contributed by atoms with Crippen molar-refractivity contribution < 1.29 is 23.1 Å². The number of anilines is 1. The zero-order chi connectivity index (χ0) is 27.3. The van der Waals surface area contributed by atoms with Crippen LogP contribution in [0.2, 0.25) is 0 Å². The monoisotopic (exact) mass is 527 g/mol. The first-order valence-corrected chi connectivity index (χ1v) is 13.2. The Bertz CT molecular complexity index is 1590. The van der Waals surface area contributed by atoms with Crippen molar-refractivity contribution in [2.75, 3.05) is 26.0 Å². The van der Waals surface area contributed by atoms with Gasteiger partial charge in [-0.15, -0.1) is 0 Å². The van der Waals surface area contributed by atoms with Crippen LogP contribution in [0.25, 0.3) is 33.4 Å². The Morgan fingerprint density at radius 2 is 1.74 bits per heavy atom. The molecule has 3 saturated carbocycles. The number of hydrogen-bond acceptors (Lipinski definition) is 5. The summed E-state index contributed by atoms with van der Waals surface area (Å²) in [4.78, 5) is 26.4. The largest absolute Gasteiger partial charge is 0.496 e. The molecule has 0 atom stereocenters. The van der Waals surface area contributed by atoms with Crippen LogP contribution in [0.5, 0.6) is 5.75 Å². The second-order valence-corrected chi connectivity index (χ2v) is 10.4. The van der Waals surface area contributed by atoms with Crippen LogP contribution in [0.1, 0.15) is 46.9 Å². The third kappa shape index (κ3) is 4.20. The van der Waals surface area contributed by atoms with Gasteiger partial charge in [-0.05, 0) is 80.1 Å². The van der Waals surface area contributed by atoms with Gasteiger partial charge in [0.2, 0.25) is 0 Å². The summed E-state index contributed by atoms with van der Waals surface area (Å²) >= 11 is 0. The van der Waals surface area contributed by atoms with E-state index in [-0.39, 0.29) is 23.2 Å². The highest BCUT2D eigenvalue weighted by atomic mass is 19.1. The summed E-state index contributed by atoms with van der Waals surface area (Å²) in [7, 11) is 3.12. The standard InChI is InChI=1S/C31H30FN3O4/c1-4-34-24-13-26-22(27(30(37)33-2)28(39-26)18-5-8-20(32)9-6-18)12-21(24)19-7-10-25(38-3)23(11-19)29(36)35-31-14-17(15-31)16-31/h5-13,17,34H,4,14-16H2,1-3H3,(H,33,37)(H,35,36). The SMILES string of the molecule is CCNc1cc2oc(-c3ccc(F)cc3)c(C(=O)NC)c2cc1-c1ccc(OC)c(C(=O)NC23CC(C2)C3)c1. The van der Waals surface area contributed by atoms with Gasteiger partial charge in [-0.25, -0.2) is 4.39 Å². The van der Waals surface area contributed by atoms with Gasteiger partial charge in [0.1, 0.15) is 22.9 Å². The van der Waals surface area contributed by atoms with Gasteiger partial charge in [-0.3, -0.25) is 9.59 Å². The van der Waals surface area contributed by atoms with Crippen LogP contribution in [0, 0.1) is 11.7 Å². The maximum atomic E-state index is 13.6. The summed E-state index contributed by atoms with van der Waals surface area (Å²) in [5, 5.41) is 9.92. The Balaban J connectivity index is 1.49. The Kier molecular flexibility index (Phi) is 6.05. The number of ether oxygens (including phenoxy) is 1. The van der Waals surface area contributed by atoms with E-state index in [1.165, 1.54) is 12.1 Å². The average Bonchev–Trinajstić information content (AvgIpc) is 3.27. The molecule has 39 heavy (non-hydrogen) atoms. The van der Waals surface area contributed by atoms with Gasteiger partial charge in [0.25, 0.3) is 11.8 Å². The van der Waals surface area contributed by atoms with Crippen molar-refractivity contribution >= 4 is 28.5 Å². The van der Waals surface area contributed by atoms with Crippen LogP contribution in [0.4, 0.5) is 10.1 Å². The Morgan fingerprint density at radius 3 is 2.36 bits per heavy atom. The fraction of sp³-hybridized carbons (Fsp3) is 0.290. The Labute approximate surface area is 225 Å². The van der Waals surface area contributed by atoms with Crippen molar-refractivity contribution in [3.8, 4) is 28.2 Å². The highest BCUT2D eigenvalue weighted by Crippen LogP contribution is 2.57. The number of nitrogens with one attached hydrogen (secondary N) is 3. The number of amides is 2. The van der Waals surface area contributed by atoms with E-state index in [4.69, 9.17) is 9.15 Å². The molecular weight excluding hydrogens is 497 g/mol. The van der Waals surface area contributed by atoms with E-state index in [2.05, 4.69) is 16.0 Å². The Morgan fingerprint density at radius 1 is 1.03 bits per heavy atom. The molecule has 3 aromatic carbocycles. The molecule has 3 aliphatic rings. The first-order valence-electron chi connectivity index (χ1n) is 13.2. The molecule has 0 unspecified atom stereocenters. The third-order valence-corrected chi connectivity index (χ3v) is 7.93. The quantitative estimate of drug-likeness (QED) is 0.262. The number of methoxy groups -OCH3 is 1. The van der Waals surface area contributed by atoms with Gasteiger partial charge in [-0.1, -0.05) is 6.07 Å². The van der Waals surface area contributed by atoms with Crippen molar-refractivity contribution in [3.63, 3.8) is 0 Å². The zero-order valence-corrected chi connectivity index (χ0v) is 22.1.